The van der Waals surface area contributed by atoms with E-state index in [1.807, 2.05) is 0 Å². The lowest BCUT2D eigenvalue weighted by Gasteiger charge is -2.51. The van der Waals surface area contributed by atoms with Crippen molar-refractivity contribution in [1.82, 2.24) is 5.32 Å². The van der Waals surface area contributed by atoms with Gasteiger partial charge in [-0.05, 0) is 36.0 Å². The van der Waals surface area contributed by atoms with Crippen molar-refractivity contribution in [3.63, 3.8) is 0 Å². The Hall–Kier alpha value is -0.0800. The summed E-state index contributed by atoms with van der Waals surface area (Å²) in [6.45, 7) is 16.2. The standard InChI is InChI=1S/C16H34N2/c1-11(2)14(17)16(7)9-13(18-12(3)4)8-15(5,6)10-16/h11-14,18H,8-10,17H2,1-7H3. The van der Waals surface area contributed by atoms with Crippen LogP contribution in [0.25, 0.3) is 0 Å². The van der Waals surface area contributed by atoms with Crippen LogP contribution >= 0.6 is 0 Å². The molecule has 0 heterocycles. The zero-order chi connectivity index (χ0) is 14.1. The van der Waals surface area contributed by atoms with Crippen LogP contribution in [0.2, 0.25) is 0 Å². The van der Waals surface area contributed by atoms with Crippen LogP contribution in [0.1, 0.15) is 67.7 Å². The van der Waals surface area contributed by atoms with E-state index in [1.54, 1.807) is 0 Å². The van der Waals surface area contributed by atoms with E-state index in [-0.39, 0.29) is 5.41 Å². The van der Waals surface area contributed by atoms with Crippen molar-refractivity contribution in [1.29, 1.82) is 0 Å². The van der Waals surface area contributed by atoms with Crippen LogP contribution in [0.15, 0.2) is 0 Å². The average Bonchev–Trinajstić information content (AvgIpc) is 2.11. The van der Waals surface area contributed by atoms with Crippen LogP contribution < -0.4 is 11.1 Å². The normalized spacial score (nSPS) is 34.0. The van der Waals surface area contributed by atoms with Gasteiger partial charge in [0.1, 0.15) is 0 Å². The van der Waals surface area contributed by atoms with Crippen LogP contribution in [0.5, 0.6) is 0 Å². The van der Waals surface area contributed by atoms with Crippen molar-refractivity contribution in [3.8, 4) is 0 Å². The fourth-order valence-corrected chi connectivity index (χ4v) is 4.19. The molecule has 0 aromatic heterocycles. The molecule has 0 saturated heterocycles. The molecule has 18 heavy (non-hydrogen) atoms. The summed E-state index contributed by atoms with van der Waals surface area (Å²) >= 11 is 0. The summed E-state index contributed by atoms with van der Waals surface area (Å²) in [5, 5.41) is 3.73. The van der Waals surface area contributed by atoms with Crippen LogP contribution in [0, 0.1) is 16.7 Å². The van der Waals surface area contributed by atoms with Gasteiger partial charge in [0, 0.05) is 18.1 Å². The van der Waals surface area contributed by atoms with Crippen molar-refractivity contribution in [2.24, 2.45) is 22.5 Å². The highest BCUT2D eigenvalue weighted by atomic mass is 14.9. The Kier molecular flexibility index (Phi) is 4.88. The van der Waals surface area contributed by atoms with Gasteiger partial charge in [0.2, 0.25) is 0 Å². The molecule has 3 atom stereocenters. The molecule has 0 radical (unpaired) electrons. The molecule has 2 heteroatoms. The molecule has 1 fully saturated rings. The Morgan fingerprint density at radius 3 is 2.06 bits per heavy atom. The lowest BCUT2D eigenvalue weighted by Crippen LogP contribution is -2.54. The summed E-state index contributed by atoms with van der Waals surface area (Å²) in [4.78, 5) is 0. The Morgan fingerprint density at radius 2 is 1.61 bits per heavy atom. The minimum Gasteiger partial charge on any atom is -0.327 e. The van der Waals surface area contributed by atoms with E-state index < -0.39 is 0 Å². The molecule has 0 amide bonds. The van der Waals surface area contributed by atoms with Gasteiger partial charge in [0.15, 0.2) is 0 Å². The Morgan fingerprint density at radius 1 is 1.06 bits per heavy atom. The van der Waals surface area contributed by atoms with Gasteiger partial charge >= 0.3 is 0 Å². The molecule has 3 unspecified atom stereocenters. The Bertz CT molecular complexity index is 270. The monoisotopic (exact) mass is 254 g/mol. The maximum absolute atomic E-state index is 6.51. The highest BCUT2D eigenvalue weighted by Crippen LogP contribution is 2.48. The lowest BCUT2D eigenvalue weighted by atomic mass is 9.58. The maximum Gasteiger partial charge on any atom is 0.0117 e. The SMILES string of the molecule is CC(C)NC1CC(C)(C)CC(C)(C(N)C(C)C)C1. The first-order valence-electron chi connectivity index (χ1n) is 7.57. The molecule has 0 aliphatic heterocycles. The maximum atomic E-state index is 6.51. The quantitative estimate of drug-likeness (QED) is 0.805. The van der Waals surface area contributed by atoms with E-state index in [9.17, 15) is 0 Å². The third-order valence-corrected chi connectivity index (χ3v) is 4.49. The minimum absolute atomic E-state index is 0.266. The predicted octanol–water partition coefficient (Wildman–Crippen LogP) is 3.55. The first-order chi connectivity index (χ1) is 8.06. The Balaban J connectivity index is 2.85. The summed E-state index contributed by atoms with van der Waals surface area (Å²) in [5.41, 5.74) is 7.17. The molecule has 2 nitrogen and oxygen atoms in total. The van der Waals surface area contributed by atoms with Gasteiger partial charge in [-0.3, -0.25) is 0 Å². The van der Waals surface area contributed by atoms with E-state index in [4.69, 9.17) is 5.73 Å². The highest BCUT2D eigenvalue weighted by Gasteiger charge is 2.45. The fourth-order valence-electron chi connectivity index (χ4n) is 4.19. The lowest BCUT2D eigenvalue weighted by molar-refractivity contribution is 0.0350. The van der Waals surface area contributed by atoms with Gasteiger partial charge in [-0.1, -0.05) is 48.5 Å². The number of hydrogen-bond acceptors (Lipinski definition) is 2. The van der Waals surface area contributed by atoms with E-state index in [1.165, 1.54) is 19.3 Å². The molecule has 1 rings (SSSR count). The summed E-state index contributed by atoms with van der Waals surface area (Å²) in [5.74, 6) is 0.559. The van der Waals surface area contributed by atoms with Crippen LogP contribution in [0.4, 0.5) is 0 Å². The summed E-state index contributed by atoms with van der Waals surface area (Å²) in [6, 6.07) is 1.47. The molecule has 1 saturated carbocycles. The number of rotatable bonds is 4. The molecular weight excluding hydrogens is 220 g/mol. The van der Waals surface area contributed by atoms with Crippen molar-refractivity contribution >= 4 is 0 Å². The minimum atomic E-state index is 0.266. The molecule has 0 aromatic rings. The van der Waals surface area contributed by atoms with E-state index in [0.29, 0.717) is 29.5 Å². The first-order valence-corrected chi connectivity index (χ1v) is 7.57. The third kappa shape index (κ3) is 3.96. The topological polar surface area (TPSA) is 38.0 Å². The Labute approximate surface area is 114 Å². The molecule has 1 aliphatic carbocycles. The second-order valence-electron chi connectivity index (χ2n) is 8.19. The van der Waals surface area contributed by atoms with Gasteiger partial charge < -0.3 is 11.1 Å². The predicted molar refractivity (Wildman–Crippen MR) is 80.6 cm³/mol. The van der Waals surface area contributed by atoms with Crippen LogP contribution in [-0.4, -0.2) is 18.1 Å². The van der Waals surface area contributed by atoms with Gasteiger partial charge in [0.05, 0.1) is 0 Å². The summed E-state index contributed by atoms with van der Waals surface area (Å²) in [6.07, 6.45) is 3.73. The van der Waals surface area contributed by atoms with Gasteiger partial charge in [-0.15, -0.1) is 0 Å². The smallest absolute Gasteiger partial charge is 0.0117 e. The van der Waals surface area contributed by atoms with Gasteiger partial charge in [0.25, 0.3) is 0 Å². The summed E-state index contributed by atoms with van der Waals surface area (Å²) < 4.78 is 0. The van der Waals surface area contributed by atoms with Gasteiger partial charge in [-0.2, -0.15) is 0 Å². The first kappa shape index (κ1) is 16.0. The largest absolute Gasteiger partial charge is 0.327 e. The van der Waals surface area contributed by atoms with E-state index in [2.05, 4.69) is 53.8 Å². The van der Waals surface area contributed by atoms with E-state index in [0.717, 1.165) is 0 Å². The molecular formula is C16H34N2. The second kappa shape index (κ2) is 5.50. The zero-order valence-corrected chi connectivity index (χ0v) is 13.5. The van der Waals surface area contributed by atoms with Crippen molar-refractivity contribution in [2.45, 2.75) is 85.9 Å². The van der Waals surface area contributed by atoms with Gasteiger partial charge in [-0.25, -0.2) is 0 Å². The van der Waals surface area contributed by atoms with Crippen molar-refractivity contribution in [3.05, 3.63) is 0 Å². The molecule has 0 aromatic carbocycles. The van der Waals surface area contributed by atoms with Crippen molar-refractivity contribution < 1.29 is 0 Å². The fraction of sp³-hybridized carbons (Fsp3) is 1.00. The molecule has 108 valence electrons. The molecule has 3 N–H and O–H groups in total. The van der Waals surface area contributed by atoms with Crippen LogP contribution in [-0.2, 0) is 0 Å². The third-order valence-electron chi connectivity index (χ3n) is 4.49. The summed E-state index contributed by atoms with van der Waals surface area (Å²) in [7, 11) is 0. The molecule has 0 bridgehead atoms. The number of nitrogens with two attached hydrogens (primary N) is 1. The number of nitrogens with one attached hydrogen (secondary N) is 1. The zero-order valence-electron chi connectivity index (χ0n) is 13.5. The highest BCUT2D eigenvalue weighted by molar-refractivity contribution is 5.00. The second-order valence-corrected chi connectivity index (χ2v) is 8.19. The molecule has 0 spiro atoms. The number of hydrogen-bond donors (Lipinski definition) is 2. The molecule has 1 aliphatic rings. The average molecular weight is 254 g/mol. The van der Waals surface area contributed by atoms with Crippen LogP contribution in [0.3, 0.4) is 0 Å². The van der Waals surface area contributed by atoms with Crippen molar-refractivity contribution in [2.75, 3.05) is 0 Å². The van der Waals surface area contributed by atoms with E-state index >= 15 is 0 Å².